The molecule has 4 aromatic heterocycles. The van der Waals surface area contributed by atoms with Crippen LogP contribution in [-0.2, 0) is 36.2 Å². The molecule has 0 spiro atoms. The van der Waals surface area contributed by atoms with Gasteiger partial charge >= 0.3 is 24.3 Å². The molecule has 306 valence electrons. The van der Waals surface area contributed by atoms with Crippen LogP contribution >= 0.6 is 22.7 Å². The predicted octanol–water partition coefficient (Wildman–Crippen LogP) is 6.36. The maximum absolute atomic E-state index is 12.8. The zero-order chi connectivity index (χ0) is 42.2. The average Bonchev–Trinajstić information content (AvgIpc) is 3.99. The lowest BCUT2D eigenvalue weighted by molar-refractivity contribution is -0.193. The number of aliphatic carboxylic acids is 2. The fourth-order valence-electron chi connectivity index (χ4n) is 5.16. The molecule has 0 amide bonds. The molecule has 1 fully saturated rings. The lowest BCUT2D eigenvalue weighted by Crippen LogP contribution is -2.42. The Bertz CT molecular complexity index is 2500. The molecule has 0 saturated carbocycles. The van der Waals surface area contributed by atoms with Crippen molar-refractivity contribution >= 4 is 82.8 Å². The van der Waals surface area contributed by atoms with Gasteiger partial charge in [0.15, 0.2) is 6.29 Å². The van der Waals surface area contributed by atoms with Crippen molar-refractivity contribution in [3.05, 3.63) is 107 Å². The third-order valence-electron chi connectivity index (χ3n) is 7.75. The van der Waals surface area contributed by atoms with Crippen molar-refractivity contribution in [1.82, 2.24) is 18.2 Å². The molecule has 0 unspecified atom stereocenters. The van der Waals surface area contributed by atoms with Crippen LogP contribution in [0.5, 0.6) is 0 Å². The highest BCUT2D eigenvalue weighted by atomic mass is 32.3. The van der Waals surface area contributed by atoms with Crippen molar-refractivity contribution in [2.75, 3.05) is 26.2 Å². The molecule has 7 rings (SSSR count). The smallest absolute Gasteiger partial charge is 0.475 e. The average molecular weight is 881 g/mol. The number of carboxylic acids is 2. The number of hydrogen-bond acceptors (Lipinski definition) is 11. The molecule has 3 N–H and O–H groups in total. The Labute approximate surface area is 328 Å². The number of thiophene rings is 2. The van der Waals surface area contributed by atoms with E-state index >= 15 is 0 Å². The molecular formula is C34H30F6N4O9S4. The van der Waals surface area contributed by atoms with Gasteiger partial charge in [-0.05, 0) is 52.7 Å². The monoisotopic (exact) mass is 880 g/mol. The lowest BCUT2D eigenvalue weighted by atomic mass is 10.1. The molecule has 5 heterocycles. The summed E-state index contributed by atoms with van der Waals surface area (Å²) in [5.41, 5.74) is 2.92. The van der Waals surface area contributed by atoms with Gasteiger partial charge in [-0.3, -0.25) is 9.69 Å². The SMILES string of the molecule is O=C(O)C(F)(F)F.O=C(O)C(F)(F)F.O=Cc1cccc2c1ccn2S(=O)(=O)c1cccs1.O=S(=O)(c1cccs1)n1ccc2c(CN3CCNCC3)cccc21. The summed E-state index contributed by atoms with van der Waals surface area (Å²) in [5, 5.41) is 22.8. The van der Waals surface area contributed by atoms with Gasteiger partial charge < -0.3 is 15.5 Å². The second-order valence-electron chi connectivity index (χ2n) is 11.5. The van der Waals surface area contributed by atoms with Crippen molar-refractivity contribution in [2.45, 2.75) is 27.3 Å². The Hall–Kier alpha value is -5.07. The fraction of sp³-hybridized carbons (Fsp3) is 0.206. The Kier molecular flexibility index (Phi) is 14.5. The number of benzene rings is 2. The Morgan fingerprint density at radius 3 is 1.54 bits per heavy atom. The van der Waals surface area contributed by atoms with Crippen molar-refractivity contribution in [3.8, 4) is 0 Å². The number of carbonyl (C=O) groups excluding carboxylic acids is 1. The zero-order valence-electron chi connectivity index (χ0n) is 28.8. The highest BCUT2D eigenvalue weighted by molar-refractivity contribution is 7.92. The molecule has 57 heavy (non-hydrogen) atoms. The van der Waals surface area contributed by atoms with Gasteiger partial charge in [0.1, 0.15) is 8.42 Å². The van der Waals surface area contributed by atoms with Crippen LogP contribution in [0.2, 0.25) is 0 Å². The van der Waals surface area contributed by atoms with Crippen LogP contribution in [0.3, 0.4) is 0 Å². The minimum Gasteiger partial charge on any atom is -0.475 e. The van der Waals surface area contributed by atoms with Gasteiger partial charge in [0, 0.05) is 61.5 Å². The number of aromatic nitrogens is 2. The number of halogens is 6. The molecule has 1 saturated heterocycles. The van der Waals surface area contributed by atoms with E-state index in [1.807, 2.05) is 18.2 Å². The first-order valence-electron chi connectivity index (χ1n) is 15.9. The normalized spacial score (nSPS) is 13.7. The van der Waals surface area contributed by atoms with Gasteiger partial charge in [0.25, 0.3) is 20.0 Å². The molecule has 13 nitrogen and oxygen atoms in total. The summed E-state index contributed by atoms with van der Waals surface area (Å²) in [7, 11) is -7.10. The van der Waals surface area contributed by atoms with Crippen LogP contribution in [0.4, 0.5) is 26.3 Å². The molecule has 23 heteroatoms. The maximum Gasteiger partial charge on any atom is 0.490 e. The predicted molar refractivity (Wildman–Crippen MR) is 199 cm³/mol. The number of fused-ring (bicyclic) bond motifs is 2. The number of hydrogen-bond donors (Lipinski definition) is 3. The van der Waals surface area contributed by atoms with Crippen molar-refractivity contribution in [1.29, 1.82) is 0 Å². The summed E-state index contributed by atoms with van der Waals surface area (Å²) in [6, 6.07) is 21.2. The minimum atomic E-state index is -5.08. The summed E-state index contributed by atoms with van der Waals surface area (Å²) in [6.45, 7) is 4.89. The zero-order valence-corrected chi connectivity index (χ0v) is 32.1. The highest BCUT2D eigenvalue weighted by Gasteiger charge is 2.39. The summed E-state index contributed by atoms with van der Waals surface area (Å²) in [6.07, 6.45) is -6.29. The Morgan fingerprint density at radius 2 is 1.12 bits per heavy atom. The topological polar surface area (TPSA) is 185 Å². The van der Waals surface area contributed by atoms with E-state index in [0.717, 1.165) is 49.9 Å². The third kappa shape index (κ3) is 11.1. The number of carboxylic acid groups (broad SMARTS) is 2. The molecule has 1 aliphatic heterocycles. The molecule has 1 aliphatic rings. The second-order valence-corrected chi connectivity index (χ2v) is 17.5. The standard InChI is InChI=1S/C17H19N3O2S2.C13H9NO3S2.2C2HF3O2/c21-24(22,17-5-2-12-23-17)20-9-6-15-14(3-1-4-16(15)20)13-19-10-7-18-8-11-19;15-9-10-3-1-4-12-11(10)6-7-14(12)19(16,17)13-5-2-8-18-13;2*3-2(4,5)1(6)7/h1-6,9,12,18H,7-8,10-11,13H2;1-9H;2*(H,6,7). The van der Waals surface area contributed by atoms with Crippen LogP contribution in [0, 0.1) is 0 Å². The van der Waals surface area contributed by atoms with E-state index < -0.39 is 44.3 Å². The number of nitrogens with zero attached hydrogens (tertiary/aromatic N) is 3. The second kappa shape index (κ2) is 18.5. The van der Waals surface area contributed by atoms with Gasteiger partial charge in [-0.2, -0.15) is 43.2 Å². The van der Waals surface area contributed by atoms with E-state index in [-0.39, 0.29) is 4.21 Å². The van der Waals surface area contributed by atoms with Crippen LogP contribution in [-0.4, -0.2) is 96.6 Å². The van der Waals surface area contributed by atoms with Crippen LogP contribution in [0.15, 0.2) is 104 Å². The van der Waals surface area contributed by atoms with Crippen molar-refractivity contribution in [3.63, 3.8) is 0 Å². The Balaban J connectivity index is 0.000000193. The molecule has 6 aromatic rings. The number of rotatable bonds is 7. The van der Waals surface area contributed by atoms with Crippen LogP contribution in [0.25, 0.3) is 21.8 Å². The molecule has 0 radical (unpaired) electrons. The van der Waals surface area contributed by atoms with Gasteiger partial charge in [0.2, 0.25) is 0 Å². The molecule has 0 aliphatic carbocycles. The van der Waals surface area contributed by atoms with E-state index in [4.69, 9.17) is 19.8 Å². The number of carbonyl (C=O) groups is 3. The van der Waals surface area contributed by atoms with E-state index in [9.17, 15) is 48.0 Å². The minimum absolute atomic E-state index is 0.279. The first-order valence-corrected chi connectivity index (χ1v) is 20.6. The van der Waals surface area contributed by atoms with Crippen LogP contribution in [0.1, 0.15) is 15.9 Å². The van der Waals surface area contributed by atoms with Crippen LogP contribution < -0.4 is 5.32 Å². The first-order chi connectivity index (χ1) is 26.7. The third-order valence-corrected chi connectivity index (χ3v) is 13.9. The summed E-state index contributed by atoms with van der Waals surface area (Å²) in [5.74, 6) is -5.51. The lowest BCUT2D eigenvalue weighted by Gasteiger charge is -2.27. The van der Waals surface area contributed by atoms with Gasteiger partial charge in [-0.15, -0.1) is 22.7 Å². The number of aldehydes is 1. The van der Waals surface area contributed by atoms with E-state index in [1.54, 1.807) is 65.5 Å². The van der Waals surface area contributed by atoms with Gasteiger partial charge in [0.05, 0.1) is 11.0 Å². The van der Waals surface area contributed by atoms with Crippen molar-refractivity contribution < 1.29 is 67.8 Å². The summed E-state index contributed by atoms with van der Waals surface area (Å²) >= 11 is 2.41. The molecule has 0 bridgehead atoms. The van der Waals surface area contributed by atoms with E-state index in [0.29, 0.717) is 20.7 Å². The summed E-state index contributed by atoms with van der Waals surface area (Å²) < 4.78 is 117. The number of piperazine rings is 1. The van der Waals surface area contributed by atoms with E-state index in [1.165, 1.54) is 42.4 Å². The largest absolute Gasteiger partial charge is 0.490 e. The van der Waals surface area contributed by atoms with Crippen molar-refractivity contribution in [2.24, 2.45) is 0 Å². The number of alkyl halides is 6. The van der Waals surface area contributed by atoms with Gasteiger partial charge in [-0.25, -0.2) is 17.5 Å². The maximum atomic E-state index is 12.8. The number of nitrogens with one attached hydrogen (secondary N) is 1. The first kappa shape index (κ1) is 44.6. The fourth-order valence-corrected chi connectivity index (χ4v) is 10.0. The van der Waals surface area contributed by atoms with E-state index in [2.05, 4.69) is 16.3 Å². The molecule has 0 atom stereocenters. The summed E-state index contributed by atoms with van der Waals surface area (Å²) in [4.78, 5) is 31.1. The highest BCUT2D eigenvalue weighted by Crippen LogP contribution is 2.28. The van der Waals surface area contributed by atoms with Gasteiger partial charge in [-0.1, -0.05) is 36.4 Å². The molecular weight excluding hydrogens is 851 g/mol. The quantitative estimate of drug-likeness (QED) is 0.120. The molecule has 2 aromatic carbocycles. The Morgan fingerprint density at radius 1 is 0.684 bits per heavy atom.